The monoisotopic (exact) mass is 289 g/mol. The van der Waals surface area contributed by atoms with Crippen LogP contribution in [0.25, 0.3) is 0 Å². The smallest absolute Gasteiger partial charge is 0.239 e. The number of piperidine rings is 1. The quantitative estimate of drug-likeness (QED) is 0.925. The summed E-state index contributed by atoms with van der Waals surface area (Å²) in [5.41, 5.74) is 6.59. The standard InChI is InChI=1S/C17H27N3O/c1-12(2)21-17-15(18)7-8-16(19-17)20-10-9-13-5-3-4-6-14(13)11-20/h7-8,12-14H,3-6,9-11,18H2,1-2H3. The number of nitrogen functional groups attached to an aromatic ring is 1. The molecule has 0 bridgehead atoms. The zero-order valence-corrected chi connectivity index (χ0v) is 13.2. The number of hydrogen-bond donors (Lipinski definition) is 1. The molecule has 3 rings (SSSR count). The van der Waals surface area contributed by atoms with Gasteiger partial charge in [0, 0.05) is 13.1 Å². The Morgan fingerprint density at radius 1 is 1.19 bits per heavy atom. The minimum absolute atomic E-state index is 0.0964. The van der Waals surface area contributed by atoms with E-state index in [0.29, 0.717) is 11.6 Å². The summed E-state index contributed by atoms with van der Waals surface area (Å²) in [5, 5.41) is 0. The molecule has 0 spiro atoms. The molecule has 1 aromatic heterocycles. The second kappa shape index (κ2) is 6.12. The lowest BCUT2D eigenvalue weighted by Gasteiger charge is -2.41. The van der Waals surface area contributed by atoms with Gasteiger partial charge in [0.2, 0.25) is 5.88 Å². The molecule has 4 heteroatoms. The normalized spacial score (nSPS) is 25.8. The van der Waals surface area contributed by atoms with Crippen LogP contribution in [0.15, 0.2) is 12.1 Å². The van der Waals surface area contributed by atoms with Crippen LogP contribution in [-0.2, 0) is 0 Å². The summed E-state index contributed by atoms with van der Waals surface area (Å²) in [4.78, 5) is 7.07. The fraction of sp³-hybridized carbons (Fsp3) is 0.706. The highest BCUT2D eigenvalue weighted by Crippen LogP contribution is 2.37. The summed E-state index contributed by atoms with van der Waals surface area (Å²) in [6.07, 6.45) is 7.02. The SMILES string of the molecule is CC(C)Oc1nc(N2CCC3CCCCC3C2)ccc1N. The topological polar surface area (TPSA) is 51.4 Å². The number of pyridine rings is 1. The van der Waals surface area contributed by atoms with Crippen molar-refractivity contribution in [3.63, 3.8) is 0 Å². The predicted molar refractivity (Wildman–Crippen MR) is 86.7 cm³/mol. The molecule has 0 radical (unpaired) electrons. The number of ether oxygens (including phenoxy) is 1. The van der Waals surface area contributed by atoms with Crippen LogP contribution >= 0.6 is 0 Å². The Morgan fingerprint density at radius 3 is 2.71 bits per heavy atom. The van der Waals surface area contributed by atoms with E-state index in [1.54, 1.807) is 0 Å². The molecule has 1 aromatic rings. The van der Waals surface area contributed by atoms with Gasteiger partial charge in [0.1, 0.15) is 5.82 Å². The molecule has 4 nitrogen and oxygen atoms in total. The van der Waals surface area contributed by atoms with E-state index in [9.17, 15) is 0 Å². The van der Waals surface area contributed by atoms with Crippen LogP contribution in [-0.4, -0.2) is 24.2 Å². The molecular formula is C17H27N3O. The van der Waals surface area contributed by atoms with Crippen molar-refractivity contribution in [3.05, 3.63) is 12.1 Å². The molecule has 116 valence electrons. The van der Waals surface area contributed by atoms with Gasteiger partial charge >= 0.3 is 0 Å². The van der Waals surface area contributed by atoms with E-state index >= 15 is 0 Å². The van der Waals surface area contributed by atoms with Crippen LogP contribution in [0.2, 0.25) is 0 Å². The van der Waals surface area contributed by atoms with Gasteiger partial charge in [0.15, 0.2) is 0 Å². The number of nitrogens with zero attached hydrogens (tertiary/aromatic N) is 2. The Bertz CT molecular complexity index is 489. The van der Waals surface area contributed by atoms with E-state index in [-0.39, 0.29) is 6.10 Å². The van der Waals surface area contributed by atoms with Gasteiger partial charge in [0.25, 0.3) is 0 Å². The molecule has 1 saturated carbocycles. The molecule has 2 aliphatic rings. The van der Waals surface area contributed by atoms with Gasteiger partial charge in [-0.25, -0.2) is 0 Å². The summed E-state index contributed by atoms with van der Waals surface area (Å²) in [6.45, 7) is 6.25. The van der Waals surface area contributed by atoms with E-state index in [1.807, 2.05) is 26.0 Å². The van der Waals surface area contributed by atoms with Gasteiger partial charge in [-0.3, -0.25) is 0 Å². The van der Waals surface area contributed by atoms with E-state index in [4.69, 9.17) is 10.5 Å². The van der Waals surface area contributed by atoms with Crippen molar-refractivity contribution < 1.29 is 4.74 Å². The summed E-state index contributed by atoms with van der Waals surface area (Å²) in [7, 11) is 0. The maximum atomic E-state index is 5.97. The van der Waals surface area contributed by atoms with Crippen molar-refractivity contribution in [3.8, 4) is 5.88 Å². The second-order valence-electron chi connectivity index (χ2n) is 6.77. The maximum Gasteiger partial charge on any atom is 0.239 e. The van der Waals surface area contributed by atoms with Gasteiger partial charge in [0.05, 0.1) is 11.8 Å². The molecule has 2 atom stereocenters. The van der Waals surface area contributed by atoms with Crippen LogP contribution in [0.4, 0.5) is 11.5 Å². The van der Waals surface area contributed by atoms with Gasteiger partial charge in [-0.2, -0.15) is 4.98 Å². The third-order valence-electron chi connectivity index (χ3n) is 4.84. The fourth-order valence-electron chi connectivity index (χ4n) is 3.74. The number of rotatable bonds is 3. The summed E-state index contributed by atoms with van der Waals surface area (Å²) in [5.74, 6) is 3.38. The minimum Gasteiger partial charge on any atom is -0.473 e. The van der Waals surface area contributed by atoms with Crippen molar-refractivity contribution in [1.82, 2.24) is 4.98 Å². The first-order valence-electron chi connectivity index (χ1n) is 8.31. The van der Waals surface area contributed by atoms with Crippen molar-refractivity contribution in [1.29, 1.82) is 0 Å². The Hall–Kier alpha value is -1.45. The molecule has 1 aliphatic carbocycles. The first-order valence-corrected chi connectivity index (χ1v) is 8.31. The van der Waals surface area contributed by atoms with E-state index in [2.05, 4.69) is 9.88 Å². The largest absolute Gasteiger partial charge is 0.473 e. The molecule has 1 aliphatic heterocycles. The number of aromatic nitrogens is 1. The number of hydrogen-bond acceptors (Lipinski definition) is 4. The zero-order valence-electron chi connectivity index (χ0n) is 13.2. The Kier molecular flexibility index (Phi) is 4.22. The lowest BCUT2D eigenvalue weighted by Crippen LogP contribution is -2.42. The highest BCUT2D eigenvalue weighted by Gasteiger charge is 2.31. The molecule has 0 aromatic carbocycles. The predicted octanol–water partition coefficient (Wildman–Crippen LogP) is 3.47. The minimum atomic E-state index is 0.0964. The van der Waals surface area contributed by atoms with Crippen LogP contribution in [0, 0.1) is 11.8 Å². The van der Waals surface area contributed by atoms with Crippen molar-refractivity contribution >= 4 is 11.5 Å². The fourth-order valence-corrected chi connectivity index (χ4v) is 3.74. The highest BCUT2D eigenvalue weighted by molar-refractivity contribution is 5.54. The van der Waals surface area contributed by atoms with Crippen LogP contribution in [0.3, 0.4) is 0 Å². The Morgan fingerprint density at radius 2 is 1.95 bits per heavy atom. The number of anilines is 2. The summed E-state index contributed by atoms with van der Waals surface area (Å²) in [6, 6.07) is 3.96. The third kappa shape index (κ3) is 3.25. The molecular weight excluding hydrogens is 262 g/mol. The second-order valence-corrected chi connectivity index (χ2v) is 6.77. The lowest BCUT2D eigenvalue weighted by atomic mass is 9.75. The molecule has 2 unspecified atom stereocenters. The lowest BCUT2D eigenvalue weighted by molar-refractivity contribution is 0.201. The van der Waals surface area contributed by atoms with Crippen molar-refractivity contribution in [2.24, 2.45) is 11.8 Å². The van der Waals surface area contributed by atoms with E-state index in [0.717, 1.165) is 30.7 Å². The molecule has 2 heterocycles. The maximum absolute atomic E-state index is 5.97. The number of nitrogens with two attached hydrogens (primary N) is 1. The molecule has 2 N–H and O–H groups in total. The van der Waals surface area contributed by atoms with E-state index in [1.165, 1.54) is 32.1 Å². The average molecular weight is 289 g/mol. The van der Waals surface area contributed by atoms with E-state index < -0.39 is 0 Å². The van der Waals surface area contributed by atoms with Gasteiger partial charge in [-0.15, -0.1) is 0 Å². The molecule has 1 saturated heterocycles. The number of fused-ring (bicyclic) bond motifs is 1. The van der Waals surface area contributed by atoms with Crippen molar-refractivity contribution in [2.75, 3.05) is 23.7 Å². The Balaban J connectivity index is 1.74. The third-order valence-corrected chi connectivity index (χ3v) is 4.84. The molecule has 0 amide bonds. The first-order chi connectivity index (χ1) is 10.1. The van der Waals surface area contributed by atoms with Crippen LogP contribution < -0.4 is 15.4 Å². The van der Waals surface area contributed by atoms with Crippen LogP contribution in [0.5, 0.6) is 5.88 Å². The Labute approximate surface area is 127 Å². The molecule has 2 fully saturated rings. The zero-order chi connectivity index (χ0) is 14.8. The van der Waals surface area contributed by atoms with Gasteiger partial charge < -0.3 is 15.4 Å². The highest BCUT2D eigenvalue weighted by atomic mass is 16.5. The first kappa shape index (κ1) is 14.5. The van der Waals surface area contributed by atoms with Crippen molar-refractivity contribution in [2.45, 2.75) is 52.1 Å². The van der Waals surface area contributed by atoms with Gasteiger partial charge in [-0.1, -0.05) is 19.3 Å². The molecule has 21 heavy (non-hydrogen) atoms. The summed E-state index contributed by atoms with van der Waals surface area (Å²) >= 11 is 0. The van der Waals surface area contributed by atoms with Crippen LogP contribution in [0.1, 0.15) is 46.0 Å². The van der Waals surface area contributed by atoms with Gasteiger partial charge in [-0.05, 0) is 50.7 Å². The summed E-state index contributed by atoms with van der Waals surface area (Å²) < 4.78 is 5.72. The average Bonchev–Trinajstić information content (AvgIpc) is 2.48.